The van der Waals surface area contributed by atoms with Crippen LogP contribution in [0.3, 0.4) is 0 Å². The van der Waals surface area contributed by atoms with Gasteiger partial charge >= 0.3 is 0 Å². The smallest absolute Gasteiger partial charge is 0.0206 e. The van der Waals surface area contributed by atoms with Gasteiger partial charge in [-0.05, 0) is 24.2 Å². The van der Waals surface area contributed by atoms with E-state index in [0.29, 0.717) is 17.4 Å². The minimum atomic E-state index is 0.405. The van der Waals surface area contributed by atoms with E-state index in [1.807, 2.05) is 0 Å². The topological polar surface area (TPSA) is 29.3 Å². The van der Waals surface area contributed by atoms with Crippen LogP contribution in [0.2, 0.25) is 0 Å². The van der Waals surface area contributed by atoms with Crippen molar-refractivity contribution in [1.29, 1.82) is 0 Å². The predicted octanol–water partition coefficient (Wildman–Crippen LogP) is 2.23. The van der Waals surface area contributed by atoms with Gasteiger partial charge in [0.15, 0.2) is 0 Å². The molecule has 1 aliphatic heterocycles. The molecule has 3 atom stereocenters. The van der Waals surface area contributed by atoms with Gasteiger partial charge in [-0.3, -0.25) is 4.90 Å². The molecule has 1 aliphatic carbocycles. The fourth-order valence-electron chi connectivity index (χ4n) is 3.44. The molecule has 2 aliphatic rings. The largest absolute Gasteiger partial charge is 0.326 e. The summed E-state index contributed by atoms with van der Waals surface area (Å²) in [5.41, 5.74) is 6.62. The van der Waals surface area contributed by atoms with Crippen molar-refractivity contribution in [3.63, 3.8) is 0 Å². The molecule has 0 amide bonds. The van der Waals surface area contributed by atoms with Crippen LogP contribution in [-0.2, 0) is 0 Å². The molecule has 2 N–H and O–H groups in total. The molecule has 0 spiro atoms. The Morgan fingerprint density at radius 1 is 1.20 bits per heavy atom. The lowest BCUT2D eigenvalue weighted by Crippen LogP contribution is -2.46. The second-order valence-electron chi connectivity index (χ2n) is 6.35. The van der Waals surface area contributed by atoms with Crippen LogP contribution in [0.4, 0.5) is 0 Å². The van der Waals surface area contributed by atoms with E-state index in [2.05, 4.69) is 25.7 Å². The molecule has 0 aromatic carbocycles. The molecule has 2 nitrogen and oxygen atoms in total. The minimum Gasteiger partial charge on any atom is -0.326 e. The predicted molar refractivity (Wildman–Crippen MR) is 64.7 cm³/mol. The van der Waals surface area contributed by atoms with Gasteiger partial charge in [-0.2, -0.15) is 0 Å². The van der Waals surface area contributed by atoms with Gasteiger partial charge in [0.05, 0.1) is 0 Å². The average molecular weight is 210 g/mol. The molecule has 0 aromatic rings. The number of hydrogen-bond acceptors (Lipinski definition) is 2. The van der Waals surface area contributed by atoms with Gasteiger partial charge in [0, 0.05) is 25.2 Å². The third-order valence-corrected chi connectivity index (χ3v) is 4.59. The minimum absolute atomic E-state index is 0.405. The first-order valence-corrected chi connectivity index (χ1v) is 6.50. The molecular formula is C13H26N2. The van der Waals surface area contributed by atoms with E-state index in [4.69, 9.17) is 5.73 Å². The Hall–Kier alpha value is -0.0800. The van der Waals surface area contributed by atoms with E-state index in [-0.39, 0.29) is 0 Å². The van der Waals surface area contributed by atoms with Gasteiger partial charge < -0.3 is 5.73 Å². The number of hydrogen-bond donors (Lipinski definition) is 1. The Balaban J connectivity index is 2.03. The van der Waals surface area contributed by atoms with Crippen LogP contribution in [0.15, 0.2) is 0 Å². The van der Waals surface area contributed by atoms with Gasteiger partial charge in [-0.15, -0.1) is 0 Å². The van der Waals surface area contributed by atoms with Crippen molar-refractivity contribution in [3.05, 3.63) is 0 Å². The molecular weight excluding hydrogens is 184 g/mol. The molecule has 2 rings (SSSR count). The quantitative estimate of drug-likeness (QED) is 0.719. The number of rotatable bonds is 1. The lowest BCUT2D eigenvalue weighted by Gasteiger charge is -2.44. The van der Waals surface area contributed by atoms with Crippen LogP contribution >= 0.6 is 0 Å². The standard InChI is InChI=1S/C13H26N2/c1-10-8-15(9-11(10)14)12-6-4-5-7-13(12,2)3/h10-12H,4-9,14H2,1-3H3. The van der Waals surface area contributed by atoms with Crippen LogP contribution < -0.4 is 5.73 Å². The molecule has 2 fully saturated rings. The maximum absolute atomic E-state index is 6.12. The van der Waals surface area contributed by atoms with E-state index < -0.39 is 0 Å². The lowest BCUT2D eigenvalue weighted by atomic mass is 9.72. The zero-order chi connectivity index (χ0) is 11.1. The lowest BCUT2D eigenvalue weighted by molar-refractivity contribution is 0.0637. The van der Waals surface area contributed by atoms with Gasteiger partial charge in [0.1, 0.15) is 0 Å². The molecule has 0 radical (unpaired) electrons. The summed E-state index contributed by atoms with van der Waals surface area (Å²) in [4.78, 5) is 2.66. The maximum Gasteiger partial charge on any atom is 0.0206 e. The number of nitrogens with zero attached hydrogens (tertiary/aromatic N) is 1. The Labute approximate surface area is 94.2 Å². The van der Waals surface area contributed by atoms with Crippen molar-refractivity contribution in [2.24, 2.45) is 17.1 Å². The fourth-order valence-corrected chi connectivity index (χ4v) is 3.44. The van der Waals surface area contributed by atoms with E-state index in [9.17, 15) is 0 Å². The summed E-state index contributed by atoms with van der Waals surface area (Å²) in [6.45, 7) is 9.50. The third kappa shape index (κ3) is 2.21. The normalized spacial score (nSPS) is 42.0. The summed E-state index contributed by atoms with van der Waals surface area (Å²) < 4.78 is 0. The molecule has 1 saturated carbocycles. The van der Waals surface area contributed by atoms with E-state index in [1.54, 1.807) is 0 Å². The second kappa shape index (κ2) is 4.06. The number of likely N-dealkylation sites (tertiary alicyclic amines) is 1. The van der Waals surface area contributed by atoms with Gasteiger partial charge in [-0.1, -0.05) is 33.6 Å². The van der Waals surface area contributed by atoms with Crippen LogP contribution in [0.25, 0.3) is 0 Å². The summed E-state index contributed by atoms with van der Waals surface area (Å²) in [6, 6.07) is 1.19. The monoisotopic (exact) mass is 210 g/mol. The Bertz CT molecular complexity index is 215. The average Bonchev–Trinajstić information content (AvgIpc) is 2.46. The molecule has 0 aromatic heterocycles. The summed E-state index contributed by atoms with van der Waals surface area (Å²) in [6.07, 6.45) is 5.59. The highest BCUT2D eigenvalue weighted by Crippen LogP contribution is 2.40. The first-order chi connectivity index (χ1) is 7.00. The molecule has 2 heteroatoms. The first-order valence-electron chi connectivity index (χ1n) is 6.50. The van der Waals surface area contributed by atoms with E-state index in [1.165, 1.54) is 32.2 Å². The van der Waals surface area contributed by atoms with Gasteiger partial charge in [0.25, 0.3) is 0 Å². The number of nitrogens with two attached hydrogens (primary N) is 1. The van der Waals surface area contributed by atoms with Crippen molar-refractivity contribution >= 4 is 0 Å². The van der Waals surface area contributed by atoms with Crippen LogP contribution in [0, 0.1) is 11.3 Å². The Morgan fingerprint density at radius 2 is 1.93 bits per heavy atom. The van der Waals surface area contributed by atoms with Crippen molar-refractivity contribution in [1.82, 2.24) is 4.90 Å². The highest BCUT2D eigenvalue weighted by molar-refractivity contribution is 4.95. The summed E-state index contributed by atoms with van der Waals surface area (Å²) >= 11 is 0. The van der Waals surface area contributed by atoms with Gasteiger partial charge in [-0.25, -0.2) is 0 Å². The highest BCUT2D eigenvalue weighted by Gasteiger charge is 2.40. The molecule has 1 heterocycles. The SMILES string of the molecule is CC1CN(C2CCCCC2(C)C)CC1N. The van der Waals surface area contributed by atoms with Crippen LogP contribution in [0.1, 0.15) is 46.5 Å². The molecule has 0 bridgehead atoms. The van der Waals surface area contributed by atoms with Gasteiger partial charge in [0.2, 0.25) is 0 Å². The summed E-state index contributed by atoms with van der Waals surface area (Å²) in [5.74, 6) is 0.683. The molecule has 15 heavy (non-hydrogen) atoms. The maximum atomic E-state index is 6.12. The highest BCUT2D eigenvalue weighted by atomic mass is 15.2. The zero-order valence-corrected chi connectivity index (χ0v) is 10.5. The molecule has 1 saturated heterocycles. The van der Waals surface area contributed by atoms with Crippen molar-refractivity contribution in [2.45, 2.75) is 58.5 Å². The molecule has 3 unspecified atom stereocenters. The van der Waals surface area contributed by atoms with Crippen LogP contribution in [0.5, 0.6) is 0 Å². The Kier molecular flexibility index (Phi) is 3.09. The second-order valence-corrected chi connectivity index (χ2v) is 6.35. The van der Waals surface area contributed by atoms with Crippen LogP contribution in [-0.4, -0.2) is 30.1 Å². The third-order valence-electron chi connectivity index (χ3n) is 4.59. The van der Waals surface area contributed by atoms with Crippen molar-refractivity contribution in [3.8, 4) is 0 Å². The first kappa shape index (κ1) is 11.4. The van der Waals surface area contributed by atoms with Crippen molar-refractivity contribution in [2.75, 3.05) is 13.1 Å². The molecule has 88 valence electrons. The fraction of sp³-hybridized carbons (Fsp3) is 1.00. The summed E-state index contributed by atoms with van der Waals surface area (Å²) in [5, 5.41) is 0. The van der Waals surface area contributed by atoms with E-state index >= 15 is 0 Å². The zero-order valence-electron chi connectivity index (χ0n) is 10.5. The van der Waals surface area contributed by atoms with E-state index in [0.717, 1.165) is 12.6 Å². The van der Waals surface area contributed by atoms with Crippen molar-refractivity contribution < 1.29 is 0 Å². The summed E-state index contributed by atoms with van der Waals surface area (Å²) in [7, 11) is 0. The Morgan fingerprint density at radius 3 is 2.47 bits per heavy atom.